The van der Waals surface area contributed by atoms with E-state index < -0.39 is 11.3 Å². The number of thiol groups is 1. The number of hydrogen-bond donors (Lipinski definition) is 3. The van der Waals surface area contributed by atoms with Crippen LogP contribution in [0.15, 0.2) is 0 Å². The summed E-state index contributed by atoms with van der Waals surface area (Å²) in [5, 5.41) is 11.7. The first kappa shape index (κ1) is 12.3. The standard InChI is InChI=1S/C9H15NO4S/c1-14-8(12)5-2-6(7(11)3-5)4-10-9(13)15/h5-7,11H,2-4H2,1H3,(H2,10,13,15)/t5?,6-,7?/m1/s1. The normalized spacial score (nSPS) is 29.9. The van der Waals surface area contributed by atoms with E-state index in [2.05, 4.69) is 22.7 Å². The molecule has 1 rings (SSSR count). The molecule has 6 heteroatoms. The number of rotatable bonds is 3. The van der Waals surface area contributed by atoms with Gasteiger partial charge in [0.1, 0.15) is 0 Å². The Morgan fingerprint density at radius 3 is 2.73 bits per heavy atom. The molecular formula is C9H15NO4S. The Kier molecular flexibility index (Phi) is 4.41. The average molecular weight is 233 g/mol. The van der Waals surface area contributed by atoms with E-state index in [1.807, 2.05) is 0 Å². The molecule has 0 aromatic heterocycles. The van der Waals surface area contributed by atoms with Crippen LogP contribution in [0, 0.1) is 11.8 Å². The summed E-state index contributed by atoms with van der Waals surface area (Å²) in [6.07, 6.45) is 0.385. The summed E-state index contributed by atoms with van der Waals surface area (Å²) in [7, 11) is 1.33. The van der Waals surface area contributed by atoms with Crippen molar-refractivity contribution in [2.24, 2.45) is 11.8 Å². The summed E-state index contributed by atoms with van der Waals surface area (Å²) in [6, 6.07) is 0. The predicted octanol–water partition coefficient (Wildman–Crippen LogP) is 0.186. The zero-order valence-electron chi connectivity index (χ0n) is 8.47. The number of esters is 1. The van der Waals surface area contributed by atoms with E-state index in [0.29, 0.717) is 19.4 Å². The van der Waals surface area contributed by atoms with Gasteiger partial charge in [0, 0.05) is 12.5 Å². The highest BCUT2D eigenvalue weighted by molar-refractivity contribution is 7.96. The van der Waals surface area contributed by atoms with Crippen molar-refractivity contribution in [2.75, 3.05) is 13.7 Å². The summed E-state index contributed by atoms with van der Waals surface area (Å²) in [6.45, 7) is 0.344. The van der Waals surface area contributed by atoms with Crippen molar-refractivity contribution in [3.63, 3.8) is 0 Å². The second-order valence-corrected chi connectivity index (χ2v) is 4.11. The van der Waals surface area contributed by atoms with Crippen molar-refractivity contribution in [1.82, 2.24) is 5.32 Å². The van der Waals surface area contributed by atoms with Crippen LogP contribution in [0.4, 0.5) is 4.79 Å². The van der Waals surface area contributed by atoms with Gasteiger partial charge in [-0.3, -0.25) is 9.59 Å². The maximum atomic E-state index is 11.2. The summed E-state index contributed by atoms with van der Waals surface area (Å²) in [5.41, 5.74) is 0. The van der Waals surface area contributed by atoms with Crippen molar-refractivity contribution in [3.05, 3.63) is 0 Å². The van der Waals surface area contributed by atoms with Crippen molar-refractivity contribution in [1.29, 1.82) is 0 Å². The highest BCUT2D eigenvalue weighted by atomic mass is 32.1. The van der Waals surface area contributed by atoms with Crippen LogP contribution in [0.25, 0.3) is 0 Å². The Morgan fingerprint density at radius 2 is 2.20 bits per heavy atom. The van der Waals surface area contributed by atoms with E-state index in [4.69, 9.17) is 0 Å². The minimum Gasteiger partial charge on any atom is -0.469 e. The largest absolute Gasteiger partial charge is 0.469 e. The van der Waals surface area contributed by atoms with Gasteiger partial charge in [0.2, 0.25) is 0 Å². The van der Waals surface area contributed by atoms with Crippen molar-refractivity contribution in [3.8, 4) is 0 Å². The van der Waals surface area contributed by atoms with Crippen molar-refractivity contribution in [2.45, 2.75) is 18.9 Å². The van der Waals surface area contributed by atoms with E-state index in [1.165, 1.54) is 7.11 Å². The maximum Gasteiger partial charge on any atom is 0.308 e. The Hall–Kier alpha value is -0.750. The summed E-state index contributed by atoms with van der Waals surface area (Å²) >= 11 is 3.56. The first-order chi connectivity index (χ1) is 7.04. The number of amides is 1. The molecule has 0 spiro atoms. The summed E-state index contributed by atoms with van der Waals surface area (Å²) < 4.78 is 4.60. The van der Waals surface area contributed by atoms with Gasteiger partial charge in [0.05, 0.1) is 19.1 Å². The Labute approximate surface area is 93.6 Å². The summed E-state index contributed by atoms with van der Waals surface area (Å²) in [4.78, 5) is 21.8. The van der Waals surface area contributed by atoms with Crippen molar-refractivity contribution >= 4 is 23.8 Å². The molecule has 15 heavy (non-hydrogen) atoms. The molecule has 0 aromatic rings. The fourth-order valence-electron chi connectivity index (χ4n) is 1.90. The predicted molar refractivity (Wildman–Crippen MR) is 56.6 cm³/mol. The molecule has 0 radical (unpaired) electrons. The number of methoxy groups -OCH3 is 1. The van der Waals surface area contributed by atoms with E-state index in [-0.39, 0.29) is 17.8 Å². The van der Waals surface area contributed by atoms with Crippen LogP contribution in [0.2, 0.25) is 0 Å². The lowest BCUT2D eigenvalue weighted by atomic mass is 10.0. The van der Waals surface area contributed by atoms with E-state index in [9.17, 15) is 14.7 Å². The molecule has 0 aliphatic heterocycles. The minimum atomic E-state index is -0.561. The Bertz CT molecular complexity index is 258. The third-order valence-electron chi connectivity index (χ3n) is 2.71. The Balaban J connectivity index is 2.42. The van der Waals surface area contributed by atoms with E-state index in [0.717, 1.165) is 0 Å². The molecule has 1 aliphatic rings. The lowest BCUT2D eigenvalue weighted by Gasteiger charge is -2.13. The van der Waals surface area contributed by atoms with Crippen LogP contribution in [0.1, 0.15) is 12.8 Å². The first-order valence-corrected chi connectivity index (χ1v) is 5.22. The second kappa shape index (κ2) is 5.37. The van der Waals surface area contributed by atoms with Crippen LogP contribution >= 0.6 is 12.6 Å². The molecule has 1 saturated carbocycles. The molecule has 1 amide bonds. The molecule has 2 N–H and O–H groups in total. The van der Waals surface area contributed by atoms with Gasteiger partial charge in [-0.15, -0.1) is 0 Å². The molecule has 1 aliphatic carbocycles. The number of aliphatic hydroxyl groups is 1. The molecule has 0 bridgehead atoms. The zero-order valence-corrected chi connectivity index (χ0v) is 9.37. The van der Waals surface area contributed by atoms with Crippen molar-refractivity contribution < 1.29 is 19.4 Å². The van der Waals surface area contributed by atoms with Crippen LogP contribution in [-0.4, -0.2) is 36.1 Å². The third kappa shape index (κ3) is 3.39. The third-order valence-corrected chi connectivity index (χ3v) is 2.87. The highest BCUT2D eigenvalue weighted by Crippen LogP contribution is 2.31. The second-order valence-electron chi connectivity index (χ2n) is 3.70. The number of carbonyl (C=O) groups is 2. The minimum absolute atomic E-state index is 0.0924. The topological polar surface area (TPSA) is 75.6 Å². The molecule has 2 unspecified atom stereocenters. The lowest BCUT2D eigenvalue weighted by Crippen LogP contribution is -2.29. The van der Waals surface area contributed by atoms with Gasteiger partial charge >= 0.3 is 5.97 Å². The number of hydrogen-bond acceptors (Lipinski definition) is 4. The van der Waals surface area contributed by atoms with E-state index >= 15 is 0 Å². The quantitative estimate of drug-likeness (QED) is 0.480. The molecule has 0 saturated heterocycles. The van der Waals surface area contributed by atoms with Gasteiger partial charge in [0.15, 0.2) is 0 Å². The number of carbonyl (C=O) groups excluding carboxylic acids is 2. The maximum absolute atomic E-state index is 11.2. The first-order valence-electron chi connectivity index (χ1n) is 4.77. The van der Waals surface area contributed by atoms with Crippen LogP contribution in [0.5, 0.6) is 0 Å². The van der Waals surface area contributed by atoms with Crippen LogP contribution < -0.4 is 5.32 Å². The highest BCUT2D eigenvalue weighted by Gasteiger charge is 2.37. The van der Waals surface area contributed by atoms with Gasteiger partial charge < -0.3 is 15.2 Å². The van der Waals surface area contributed by atoms with Gasteiger partial charge in [-0.1, -0.05) is 12.6 Å². The molecule has 86 valence electrons. The SMILES string of the molecule is COC(=O)C1CC(O)[C@@H](CNC(=O)S)C1. The fraction of sp³-hybridized carbons (Fsp3) is 0.778. The average Bonchev–Trinajstić information content (AvgIpc) is 2.55. The van der Waals surface area contributed by atoms with Gasteiger partial charge in [-0.25, -0.2) is 0 Å². The molecule has 0 heterocycles. The molecule has 0 aromatic carbocycles. The van der Waals surface area contributed by atoms with Gasteiger partial charge in [-0.05, 0) is 12.8 Å². The number of aliphatic hydroxyl groups excluding tert-OH is 1. The molecule has 3 atom stereocenters. The monoisotopic (exact) mass is 233 g/mol. The lowest BCUT2D eigenvalue weighted by molar-refractivity contribution is -0.145. The number of ether oxygens (including phenoxy) is 1. The number of nitrogens with one attached hydrogen (secondary N) is 1. The van der Waals surface area contributed by atoms with Crippen LogP contribution in [-0.2, 0) is 9.53 Å². The zero-order chi connectivity index (χ0) is 11.4. The van der Waals surface area contributed by atoms with Gasteiger partial charge in [-0.2, -0.15) is 0 Å². The van der Waals surface area contributed by atoms with Crippen LogP contribution in [0.3, 0.4) is 0 Å². The molecule has 1 fully saturated rings. The van der Waals surface area contributed by atoms with Gasteiger partial charge in [0.25, 0.3) is 5.24 Å². The summed E-state index contributed by atoms with van der Waals surface area (Å²) in [5.74, 6) is -0.647. The smallest absolute Gasteiger partial charge is 0.308 e. The molecule has 5 nitrogen and oxygen atoms in total. The molecular weight excluding hydrogens is 218 g/mol. The Morgan fingerprint density at radius 1 is 1.53 bits per heavy atom. The van der Waals surface area contributed by atoms with E-state index in [1.54, 1.807) is 0 Å². The fourth-order valence-corrected chi connectivity index (χ4v) is 1.99.